The Kier molecular flexibility index (Phi) is 6.04. The highest BCUT2D eigenvalue weighted by molar-refractivity contribution is 5.81. The Morgan fingerprint density at radius 2 is 2.12 bits per heavy atom. The number of carbonyl (C=O) groups is 1. The highest BCUT2D eigenvalue weighted by atomic mass is 16.1. The number of ketones is 1. The fraction of sp³-hybridized carbons (Fsp3) is 0.929. The minimum Gasteiger partial charge on any atom is -0.328 e. The minimum atomic E-state index is 0.282. The van der Waals surface area contributed by atoms with Gasteiger partial charge in [-0.25, -0.2) is 0 Å². The van der Waals surface area contributed by atoms with Gasteiger partial charge in [0.05, 0.1) is 0 Å². The summed E-state index contributed by atoms with van der Waals surface area (Å²) in [5, 5.41) is 0. The second-order valence-corrected chi connectivity index (χ2v) is 5.36. The van der Waals surface area contributed by atoms with Gasteiger partial charge in [0.15, 0.2) is 0 Å². The van der Waals surface area contributed by atoms with Crippen LogP contribution in [0.1, 0.15) is 65.2 Å². The zero-order chi connectivity index (χ0) is 12.0. The van der Waals surface area contributed by atoms with E-state index in [4.69, 9.17) is 5.73 Å². The molecule has 2 nitrogen and oxygen atoms in total. The number of carbonyl (C=O) groups excluding carboxylic acids is 1. The summed E-state index contributed by atoms with van der Waals surface area (Å²) >= 11 is 0. The van der Waals surface area contributed by atoms with Crippen molar-refractivity contribution >= 4 is 5.78 Å². The van der Waals surface area contributed by atoms with Crippen LogP contribution in [0.15, 0.2) is 0 Å². The van der Waals surface area contributed by atoms with Gasteiger partial charge in [-0.3, -0.25) is 4.79 Å². The largest absolute Gasteiger partial charge is 0.328 e. The van der Waals surface area contributed by atoms with E-state index in [1.165, 1.54) is 19.3 Å². The van der Waals surface area contributed by atoms with Gasteiger partial charge in [-0.2, -0.15) is 0 Å². The summed E-state index contributed by atoms with van der Waals surface area (Å²) in [5.41, 5.74) is 5.85. The van der Waals surface area contributed by atoms with Gasteiger partial charge in [-0.1, -0.05) is 39.5 Å². The fourth-order valence-corrected chi connectivity index (χ4v) is 2.70. The van der Waals surface area contributed by atoms with Crippen molar-refractivity contribution in [1.29, 1.82) is 0 Å². The van der Waals surface area contributed by atoms with E-state index in [-0.39, 0.29) is 12.0 Å². The van der Waals surface area contributed by atoms with Gasteiger partial charge in [-0.15, -0.1) is 0 Å². The Bertz CT molecular complexity index is 215. The van der Waals surface area contributed by atoms with Crippen LogP contribution in [0.5, 0.6) is 0 Å². The molecule has 2 N–H and O–H groups in total. The number of hydrogen-bond acceptors (Lipinski definition) is 2. The molecule has 0 amide bonds. The standard InChI is InChI=1S/C14H27NO/c1-3-5-6-11(4-2)9-14(16)12-7-8-13(15)10-12/h11-13H,3-10,15H2,1-2H3. The molecule has 0 heterocycles. The molecule has 2 heteroatoms. The SMILES string of the molecule is CCCCC(CC)CC(=O)C1CCC(N)C1. The van der Waals surface area contributed by atoms with Crippen molar-refractivity contribution < 1.29 is 4.79 Å². The van der Waals surface area contributed by atoms with Crippen LogP contribution >= 0.6 is 0 Å². The molecule has 1 rings (SSSR count). The van der Waals surface area contributed by atoms with Gasteiger partial charge in [0.2, 0.25) is 0 Å². The maximum Gasteiger partial charge on any atom is 0.136 e. The molecule has 3 atom stereocenters. The molecule has 94 valence electrons. The number of rotatable bonds is 7. The van der Waals surface area contributed by atoms with Crippen LogP contribution in [-0.2, 0) is 4.79 Å². The van der Waals surface area contributed by atoms with Crippen LogP contribution in [-0.4, -0.2) is 11.8 Å². The quantitative estimate of drug-likeness (QED) is 0.722. The molecule has 16 heavy (non-hydrogen) atoms. The predicted octanol–water partition coefficient (Wildman–Crippen LogP) is 3.29. The number of unbranched alkanes of at least 4 members (excludes halogenated alkanes) is 1. The van der Waals surface area contributed by atoms with Gasteiger partial charge in [0.25, 0.3) is 0 Å². The smallest absolute Gasteiger partial charge is 0.136 e. The molecule has 1 aliphatic carbocycles. The summed E-state index contributed by atoms with van der Waals surface area (Å²) in [6.07, 6.45) is 8.67. The molecule has 0 spiro atoms. The first-order chi connectivity index (χ1) is 7.67. The van der Waals surface area contributed by atoms with Crippen molar-refractivity contribution in [2.45, 2.75) is 71.3 Å². The van der Waals surface area contributed by atoms with Crippen LogP contribution in [0.3, 0.4) is 0 Å². The topological polar surface area (TPSA) is 43.1 Å². The average molecular weight is 225 g/mol. The molecule has 0 radical (unpaired) electrons. The van der Waals surface area contributed by atoms with Crippen molar-refractivity contribution in [3.05, 3.63) is 0 Å². The summed E-state index contributed by atoms with van der Waals surface area (Å²) in [4.78, 5) is 12.1. The summed E-state index contributed by atoms with van der Waals surface area (Å²) in [7, 11) is 0. The Balaban J connectivity index is 2.30. The maximum absolute atomic E-state index is 12.1. The van der Waals surface area contributed by atoms with Crippen molar-refractivity contribution in [3.63, 3.8) is 0 Å². The molecule has 0 aromatic rings. The van der Waals surface area contributed by atoms with Crippen molar-refractivity contribution in [2.24, 2.45) is 17.6 Å². The first-order valence-electron chi connectivity index (χ1n) is 6.95. The van der Waals surface area contributed by atoms with Crippen LogP contribution in [0.4, 0.5) is 0 Å². The molecule has 1 fully saturated rings. The van der Waals surface area contributed by atoms with Gasteiger partial charge in [-0.05, 0) is 25.2 Å². The Labute approximate surface area is 100.0 Å². The lowest BCUT2D eigenvalue weighted by Crippen LogP contribution is -2.19. The second-order valence-electron chi connectivity index (χ2n) is 5.36. The molecule has 1 saturated carbocycles. The van der Waals surface area contributed by atoms with Crippen LogP contribution in [0.2, 0.25) is 0 Å². The van der Waals surface area contributed by atoms with Crippen LogP contribution in [0, 0.1) is 11.8 Å². The van der Waals surface area contributed by atoms with Crippen LogP contribution in [0.25, 0.3) is 0 Å². The molecule has 1 aliphatic rings. The molecule has 0 saturated heterocycles. The van der Waals surface area contributed by atoms with E-state index in [2.05, 4.69) is 13.8 Å². The van der Waals surface area contributed by atoms with Gasteiger partial charge in [0, 0.05) is 18.4 Å². The van der Waals surface area contributed by atoms with Crippen molar-refractivity contribution in [2.75, 3.05) is 0 Å². The third kappa shape index (κ3) is 4.25. The number of nitrogens with two attached hydrogens (primary N) is 1. The molecular formula is C14H27NO. The monoisotopic (exact) mass is 225 g/mol. The lowest BCUT2D eigenvalue weighted by atomic mass is 9.88. The van der Waals surface area contributed by atoms with Gasteiger partial charge in [0.1, 0.15) is 5.78 Å². The summed E-state index contributed by atoms with van der Waals surface area (Å²) in [6.45, 7) is 4.42. The van der Waals surface area contributed by atoms with E-state index in [1.54, 1.807) is 0 Å². The van der Waals surface area contributed by atoms with Gasteiger partial charge < -0.3 is 5.73 Å². The molecule has 0 bridgehead atoms. The zero-order valence-corrected chi connectivity index (χ0v) is 10.9. The molecule has 0 aromatic carbocycles. The van der Waals surface area contributed by atoms with E-state index in [0.717, 1.165) is 32.1 Å². The lowest BCUT2D eigenvalue weighted by molar-refractivity contribution is -0.123. The molecule has 0 aromatic heterocycles. The lowest BCUT2D eigenvalue weighted by Gasteiger charge is -2.16. The Hall–Kier alpha value is -0.370. The van der Waals surface area contributed by atoms with Crippen LogP contribution < -0.4 is 5.73 Å². The Morgan fingerprint density at radius 3 is 2.62 bits per heavy atom. The van der Waals surface area contributed by atoms with E-state index >= 15 is 0 Å². The third-order valence-electron chi connectivity index (χ3n) is 3.96. The minimum absolute atomic E-state index is 0.282. The number of Topliss-reactive ketones (excluding diaryl/α,β-unsaturated/α-hetero) is 1. The molecule has 0 aliphatic heterocycles. The second kappa shape index (κ2) is 7.05. The summed E-state index contributed by atoms with van der Waals surface area (Å²) in [5.74, 6) is 1.38. The number of hydrogen-bond donors (Lipinski definition) is 1. The molecule has 3 unspecified atom stereocenters. The maximum atomic E-state index is 12.1. The summed E-state index contributed by atoms with van der Waals surface area (Å²) in [6, 6.07) is 0.282. The van der Waals surface area contributed by atoms with E-state index in [9.17, 15) is 4.79 Å². The van der Waals surface area contributed by atoms with Crippen molar-refractivity contribution in [1.82, 2.24) is 0 Å². The summed E-state index contributed by atoms with van der Waals surface area (Å²) < 4.78 is 0. The predicted molar refractivity (Wildman–Crippen MR) is 68.2 cm³/mol. The highest BCUT2D eigenvalue weighted by Crippen LogP contribution is 2.28. The fourth-order valence-electron chi connectivity index (χ4n) is 2.70. The normalized spacial score (nSPS) is 26.9. The first kappa shape index (κ1) is 13.7. The highest BCUT2D eigenvalue weighted by Gasteiger charge is 2.28. The average Bonchev–Trinajstić information content (AvgIpc) is 2.70. The first-order valence-corrected chi connectivity index (χ1v) is 6.95. The zero-order valence-electron chi connectivity index (χ0n) is 10.9. The van der Waals surface area contributed by atoms with Gasteiger partial charge >= 0.3 is 0 Å². The van der Waals surface area contributed by atoms with E-state index in [1.807, 2.05) is 0 Å². The van der Waals surface area contributed by atoms with E-state index < -0.39 is 0 Å². The third-order valence-corrected chi connectivity index (χ3v) is 3.96. The molecular weight excluding hydrogens is 198 g/mol. The van der Waals surface area contributed by atoms with E-state index in [0.29, 0.717) is 11.7 Å². The Morgan fingerprint density at radius 1 is 1.38 bits per heavy atom. The van der Waals surface area contributed by atoms with Crippen molar-refractivity contribution in [3.8, 4) is 0 Å².